The van der Waals surface area contributed by atoms with Crippen LogP contribution in [0.4, 0.5) is 0 Å². The fraction of sp³-hybridized carbons (Fsp3) is 0.692. The molecule has 0 bridgehead atoms. The van der Waals surface area contributed by atoms with Crippen LogP contribution in [0, 0.1) is 0 Å². The summed E-state index contributed by atoms with van der Waals surface area (Å²) < 4.78 is 10.5. The van der Waals surface area contributed by atoms with E-state index in [9.17, 15) is 14.7 Å². The number of rotatable bonds is 31. The zero-order valence-corrected chi connectivity index (χ0v) is 28.4. The van der Waals surface area contributed by atoms with Gasteiger partial charge in [0.2, 0.25) is 0 Å². The lowest BCUT2D eigenvalue weighted by atomic mass is 10.1. The lowest BCUT2D eigenvalue weighted by Gasteiger charge is -2.15. The molecule has 0 aromatic heterocycles. The zero-order valence-electron chi connectivity index (χ0n) is 28.4. The topological polar surface area (TPSA) is 72.8 Å². The maximum Gasteiger partial charge on any atom is 0.306 e. The molecule has 1 N–H and O–H groups in total. The third-order valence-corrected chi connectivity index (χ3v) is 7.28. The van der Waals surface area contributed by atoms with Gasteiger partial charge in [-0.2, -0.15) is 0 Å². The van der Waals surface area contributed by atoms with Crippen molar-refractivity contribution in [2.45, 2.75) is 161 Å². The van der Waals surface area contributed by atoms with Crippen LogP contribution >= 0.6 is 0 Å². The number of hydrogen-bond donors (Lipinski definition) is 1. The Kier molecular flexibility index (Phi) is 33.2. The predicted molar refractivity (Wildman–Crippen MR) is 187 cm³/mol. The van der Waals surface area contributed by atoms with E-state index in [1.165, 1.54) is 64.2 Å². The number of unbranched alkanes of at least 4 members (excludes halogenated alkanes) is 13. The molecule has 0 aliphatic carbocycles. The van der Waals surface area contributed by atoms with E-state index < -0.39 is 6.10 Å². The quantitative estimate of drug-likeness (QED) is 0.0478. The first-order valence-electron chi connectivity index (χ1n) is 17.8. The van der Waals surface area contributed by atoms with E-state index in [2.05, 4.69) is 74.6 Å². The molecule has 0 rings (SSSR count). The number of hydrogen-bond acceptors (Lipinski definition) is 5. The first-order chi connectivity index (χ1) is 21.6. The molecule has 0 amide bonds. The standard InChI is InChI=1S/C39H66O5/c1-3-5-7-9-11-13-15-17-19-21-23-25-27-29-31-33-38(41)43-36-37(35-40)44-39(42)34-32-30-28-26-24-22-20-18-16-14-12-10-8-6-4-2/h11-14,17-20,24,26,37,40H,3-10,15-16,21-23,25,27-36H2,1-2H3. The molecule has 0 radical (unpaired) electrons. The highest BCUT2D eigenvalue weighted by atomic mass is 16.6. The van der Waals surface area contributed by atoms with E-state index in [1.807, 2.05) is 0 Å². The summed E-state index contributed by atoms with van der Waals surface area (Å²) in [5.41, 5.74) is 0. The SMILES string of the molecule is CCCCCC=CCC=CCC=CCCCCC(=O)OC(CO)COC(=O)CCCCCCCC=CCC=CCCCCC. The number of carbonyl (C=O) groups is 2. The molecule has 0 aromatic rings. The molecule has 44 heavy (non-hydrogen) atoms. The van der Waals surface area contributed by atoms with Crippen molar-refractivity contribution in [2.24, 2.45) is 0 Å². The van der Waals surface area contributed by atoms with Gasteiger partial charge in [0.15, 0.2) is 6.10 Å². The fourth-order valence-corrected chi connectivity index (χ4v) is 4.53. The van der Waals surface area contributed by atoms with Crippen LogP contribution in [-0.4, -0.2) is 36.4 Å². The molecule has 252 valence electrons. The maximum atomic E-state index is 12.1. The first-order valence-corrected chi connectivity index (χ1v) is 17.8. The highest BCUT2D eigenvalue weighted by molar-refractivity contribution is 5.70. The Morgan fingerprint density at radius 3 is 1.41 bits per heavy atom. The van der Waals surface area contributed by atoms with Gasteiger partial charge in [-0.25, -0.2) is 0 Å². The van der Waals surface area contributed by atoms with Crippen LogP contribution in [-0.2, 0) is 19.1 Å². The lowest BCUT2D eigenvalue weighted by molar-refractivity contribution is -0.161. The molecule has 0 aliphatic rings. The Morgan fingerprint density at radius 2 is 0.909 bits per heavy atom. The third-order valence-electron chi connectivity index (χ3n) is 7.28. The van der Waals surface area contributed by atoms with Crippen molar-refractivity contribution in [1.82, 2.24) is 0 Å². The molecule has 5 nitrogen and oxygen atoms in total. The average Bonchev–Trinajstić information content (AvgIpc) is 3.02. The smallest absolute Gasteiger partial charge is 0.306 e. The summed E-state index contributed by atoms with van der Waals surface area (Å²) in [5.74, 6) is -0.658. The van der Waals surface area contributed by atoms with E-state index in [4.69, 9.17) is 9.47 Å². The van der Waals surface area contributed by atoms with E-state index >= 15 is 0 Å². The molecule has 0 aromatic carbocycles. The van der Waals surface area contributed by atoms with Crippen molar-refractivity contribution in [2.75, 3.05) is 13.2 Å². The lowest BCUT2D eigenvalue weighted by Crippen LogP contribution is -2.28. The molecule has 1 atom stereocenters. The number of aliphatic hydroxyl groups excluding tert-OH is 1. The number of carbonyl (C=O) groups excluding carboxylic acids is 2. The number of aliphatic hydroxyl groups is 1. The highest BCUT2D eigenvalue weighted by Gasteiger charge is 2.16. The van der Waals surface area contributed by atoms with Crippen LogP contribution in [0.15, 0.2) is 60.8 Å². The van der Waals surface area contributed by atoms with Gasteiger partial charge in [-0.15, -0.1) is 0 Å². The van der Waals surface area contributed by atoms with E-state index in [1.54, 1.807) is 0 Å². The Hall–Kier alpha value is -2.40. The molecule has 0 fully saturated rings. The van der Waals surface area contributed by atoms with Gasteiger partial charge in [-0.1, -0.05) is 120 Å². The van der Waals surface area contributed by atoms with E-state index in [-0.39, 0.29) is 25.2 Å². The van der Waals surface area contributed by atoms with Gasteiger partial charge >= 0.3 is 11.9 Å². The zero-order chi connectivity index (χ0) is 32.2. The second-order valence-electron chi connectivity index (χ2n) is 11.6. The molecule has 0 saturated heterocycles. The number of esters is 2. The summed E-state index contributed by atoms with van der Waals surface area (Å²) in [7, 11) is 0. The predicted octanol–water partition coefficient (Wildman–Crippen LogP) is 10.8. The van der Waals surface area contributed by atoms with Gasteiger partial charge in [0, 0.05) is 12.8 Å². The Balaban J connectivity index is 3.70. The summed E-state index contributed by atoms with van der Waals surface area (Å²) in [6, 6.07) is 0. The summed E-state index contributed by atoms with van der Waals surface area (Å²) in [4.78, 5) is 24.1. The Labute approximate surface area is 271 Å². The second kappa shape index (κ2) is 35.1. The van der Waals surface area contributed by atoms with Crippen molar-refractivity contribution in [3.05, 3.63) is 60.8 Å². The third kappa shape index (κ3) is 32.5. The van der Waals surface area contributed by atoms with E-state index in [0.29, 0.717) is 12.8 Å². The summed E-state index contributed by atoms with van der Waals surface area (Å²) in [5, 5.41) is 9.51. The minimum Gasteiger partial charge on any atom is -0.462 e. The van der Waals surface area contributed by atoms with Gasteiger partial charge in [0.25, 0.3) is 0 Å². The monoisotopic (exact) mass is 614 g/mol. The summed E-state index contributed by atoms with van der Waals surface area (Å²) in [6.45, 7) is 4.01. The Morgan fingerprint density at radius 1 is 0.523 bits per heavy atom. The molecule has 1 unspecified atom stereocenters. The Bertz CT molecular complexity index is 792. The van der Waals surface area contributed by atoms with Crippen LogP contribution in [0.3, 0.4) is 0 Å². The van der Waals surface area contributed by atoms with E-state index in [0.717, 1.165) is 64.2 Å². The van der Waals surface area contributed by atoms with Crippen LogP contribution in [0.1, 0.15) is 155 Å². The van der Waals surface area contributed by atoms with Gasteiger partial charge in [-0.3, -0.25) is 9.59 Å². The van der Waals surface area contributed by atoms with Crippen LogP contribution in [0.25, 0.3) is 0 Å². The maximum absolute atomic E-state index is 12.1. The van der Waals surface area contributed by atoms with Crippen molar-refractivity contribution in [1.29, 1.82) is 0 Å². The molecule has 0 aliphatic heterocycles. The average molecular weight is 615 g/mol. The van der Waals surface area contributed by atoms with Crippen LogP contribution in [0.5, 0.6) is 0 Å². The normalized spacial score (nSPS) is 12.9. The number of ether oxygens (including phenoxy) is 2. The van der Waals surface area contributed by atoms with Gasteiger partial charge in [0.1, 0.15) is 6.61 Å². The largest absolute Gasteiger partial charge is 0.462 e. The molecular weight excluding hydrogens is 548 g/mol. The van der Waals surface area contributed by atoms with Gasteiger partial charge < -0.3 is 14.6 Å². The molecular formula is C39H66O5. The highest BCUT2D eigenvalue weighted by Crippen LogP contribution is 2.10. The van der Waals surface area contributed by atoms with Crippen molar-refractivity contribution in [3.8, 4) is 0 Å². The second-order valence-corrected chi connectivity index (χ2v) is 11.6. The first kappa shape index (κ1) is 41.6. The minimum atomic E-state index is -0.797. The number of allylic oxidation sites excluding steroid dienone is 10. The van der Waals surface area contributed by atoms with Crippen molar-refractivity contribution < 1.29 is 24.2 Å². The summed E-state index contributed by atoms with van der Waals surface area (Å²) >= 11 is 0. The van der Waals surface area contributed by atoms with Crippen LogP contribution in [0.2, 0.25) is 0 Å². The minimum absolute atomic E-state index is 0.0910. The van der Waals surface area contributed by atoms with Crippen molar-refractivity contribution in [3.63, 3.8) is 0 Å². The molecule has 5 heteroatoms. The van der Waals surface area contributed by atoms with Crippen LogP contribution < -0.4 is 0 Å². The molecule has 0 heterocycles. The molecule has 0 spiro atoms. The van der Waals surface area contributed by atoms with Crippen molar-refractivity contribution >= 4 is 11.9 Å². The molecule has 0 saturated carbocycles. The fourth-order valence-electron chi connectivity index (χ4n) is 4.53. The summed E-state index contributed by atoms with van der Waals surface area (Å²) in [6.07, 6.45) is 44.1. The van der Waals surface area contributed by atoms with Gasteiger partial charge in [0.05, 0.1) is 6.61 Å². The van der Waals surface area contributed by atoms with Gasteiger partial charge in [-0.05, 0) is 83.5 Å².